The van der Waals surface area contributed by atoms with E-state index in [1.54, 1.807) is 20.4 Å². The molecular weight excluding hydrogens is 392 g/mol. The minimum atomic E-state index is -0.115. The number of nitrogens with zero attached hydrogens (tertiary/aromatic N) is 1. The molecule has 0 spiro atoms. The molecule has 1 amide bonds. The normalized spacial score (nSPS) is 10.8. The number of aryl methyl sites for hydroxylation is 2. The lowest BCUT2D eigenvalue weighted by molar-refractivity contribution is -0.121. The van der Waals surface area contributed by atoms with Crippen molar-refractivity contribution in [3.63, 3.8) is 0 Å². The van der Waals surface area contributed by atoms with Crippen molar-refractivity contribution >= 4 is 12.1 Å². The van der Waals surface area contributed by atoms with Crippen LogP contribution in [0.3, 0.4) is 0 Å². The first kappa shape index (κ1) is 24.3. The number of unbranched alkanes of at least 4 members (excludes halogenated alkanes) is 2. The summed E-state index contributed by atoms with van der Waals surface area (Å²) >= 11 is 0. The number of ether oxygens (including phenoxy) is 3. The second-order valence-corrected chi connectivity index (χ2v) is 7.37. The molecule has 0 aliphatic carbocycles. The molecule has 0 atom stereocenters. The summed E-state index contributed by atoms with van der Waals surface area (Å²) in [4.78, 5) is 12.2. The monoisotopic (exact) mass is 426 g/mol. The second-order valence-electron chi connectivity index (χ2n) is 7.37. The fourth-order valence-electron chi connectivity index (χ4n) is 3.22. The van der Waals surface area contributed by atoms with Crippen LogP contribution in [-0.4, -0.2) is 32.9 Å². The maximum atomic E-state index is 12.2. The van der Waals surface area contributed by atoms with Crippen LogP contribution >= 0.6 is 0 Å². The van der Waals surface area contributed by atoms with Crippen LogP contribution < -0.4 is 19.6 Å². The summed E-state index contributed by atoms with van der Waals surface area (Å²) in [7, 11) is 3.27. The molecule has 0 saturated carbocycles. The highest BCUT2D eigenvalue weighted by atomic mass is 16.5. The van der Waals surface area contributed by atoms with Gasteiger partial charge in [0.15, 0.2) is 11.5 Å². The number of benzene rings is 2. The summed E-state index contributed by atoms with van der Waals surface area (Å²) in [6.45, 7) is 4.83. The van der Waals surface area contributed by atoms with Gasteiger partial charge >= 0.3 is 0 Å². The Hall–Kier alpha value is -3.02. The Bertz CT molecular complexity index is 865. The van der Waals surface area contributed by atoms with Gasteiger partial charge in [0.2, 0.25) is 5.91 Å². The molecule has 0 heterocycles. The molecule has 0 fully saturated rings. The predicted molar refractivity (Wildman–Crippen MR) is 124 cm³/mol. The lowest BCUT2D eigenvalue weighted by Gasteiger charge is -2.13. The highest BCUT2D eigenvalue weighted by Crippen LogP contribution is 2.30. The molecule has 2 aromatic rings. The van der Waals surface area contributed by atoms with E-state index in [1.807, 2.05) is 30.3 Å². The molecule has 6 nitrogen and oxygen atoms in total. The standard InChI is InChI=1S/C25H34N2O4/c1-5-6-7-16-31-25-21(11-8-12-23(25)30-4)18-26-27-24(28)13-9-10-20-14-15-22(29-3)17-19(20)2/h8,11-12,14-15,17-18H,5-7,9-10,13,16H2,1-4H3,(H,27,28). The van der Waals surface area contributed by atoms with E-state index in [-0.39, 0.29) is 5.91 Å². The Morgan fingerprint density at radius 1 is 1.10 bits per heavy atom. The minimum absolute atomic E-state index is 0.115. The van der Waals surface area contributed by atoms with Crippen molar-refractivity contribution in [2.75, 3.05) is 20.8 Å². The topological polar surface area (TPSA) is 69.2 Å². The molecule has 2 rings (SSSR count). The van der Waals surface area contributed by atoms with Crippen molar-refractivity contribution in [1.29, 1.82) is 0 Å². The van der Waals surface area contributed by atoms with Gasteiger partial charge in [-0.1, -0.05) is 31.9 Å². The summed E-state index contributed by atoms with van der Waals surface area (Å²) < 4.78 is 16.6. The third-order valence-electron chi connectivity index (χ3n) is 5.02. The molecule has 6 heteroatoms. The molecule has 0 aromatic heterocycles. The molecule has 0 unspecified atom stereocenters. The van der Waals surface area contributed by atoms with Gasteiger partial charge in [-0.2, -0.15) is 5.10 Å². The second kappa shape index (κ2) is 13.3. The number of hydrogen-bond acceptors (Lipinski definition) is 5. The zero-order chi connectivity index (χ0) is 22.5. The van der Waals surface area contributed by atoms with Crippen molar-refractivity contribution in [1.82, 2.24) is 5.43 Å². The number of nitrogens with one attached hydrogen (secondary N) is 1. The number of methoxy groups -OCH3 is 2. The quantitative estimate of drug-likeness (QED) is 0.276. The molecule has 2 aromatic carbocycles. The summed E-state index contributed by atoms with van der Waals surface area (Å²) in [5, 5.41) is 4.11. The van der Waals surface area contributed by atoms with Gasteiger partial charge in [0.25, 0.3) is 0 Å². The summed E-state index contributed by atoms with van der Waals surface area (Å²) in [5.74, 6) is 2.03. The van der Waals surface area contributed by atoms with Crippen LogP contribution in [-0.2, 0) is 11.2 Å². The fourth-order valence-corrected chi connectivity index (χ4v) is 3.22. The van der Waals surface area contributed by atoms with Crippen LogP contribution in [0, 0.1) is 6.92 Å². The third kappa shape index (κ3) is 7.96. The summed E-state index contributed by atoms with van der Waals surface area (Å²) in [6.07, 6.45) is 6.82. The van der Waals surface area contributed by atoms with E-state index in [1.165, 1.54) is 11.1 Å². The smallest absolute Gasteiger partial charge is 0.240 e. The Morgan fingerprint density at radius 3 is 2.65 bits per heavy atom. The van der Waals surface area contributed by atoms with E-state index >= 15 is 0 Å². The van der Waals surface area contributed by atoms with E-state index < -0.39 is 0 Å². The molecule has 0 radical (unpaired) electrons. The molecule has 0 aliphatic rings. The SMILES string of the molecule is CCCCCOc1c(C=NNC(=O)CCCc2ccc(OC)cc2C)cccc1OC. The van der Waals surface area contributed by atoms with Crippen LogP contribution in [0.15, 0.2) is 41.5 Å². The van der Waals surface area contributed by atoms with E-state index in [4.69, 9.17) is 14.2 Å². The van der Waals surface area contributed by atoms with Crippen LogP contribution in [0.4, 0.5) is 0 Å². The molecule has 168 valence electrons. The highest BCUT2D eigenvalue weighted by molar-refractivity contribution is 5.86. The highest BCUT2D eigenvalue weighted by Gasteiger charge is 2.09. The van der Waals surface area contributed by atoms with Gasteiger partial charge in [-0.25, -0.2) is 5.43 Å². The third-order valence-corrected chi connectivity index (χ3v) is 5.02. The predicted octanol–water partition coefficient (Wildman–Crippen LogP) is 5.05. The molecular formula is C25H34N2O4. The van der Waals surface area contributed by atoms with Crippen LogP contribution in [0.1, 0.15) is 55.7 Å². The molecule has 1 N–H and O–H groups in total. The summed E-state index contributed by atoms with van der Waals surface area (Å²) in [5.41, 5.74) is 5.76. The van der Waals surface area contributed by atoms with Gasteiger partial charge in [0.1, 0.15) is 5.75 Å². The fraction of sp³-hybridized carbons (Fsp3) is 0.440. The van der Waals surface area contributed by atoms with Crippen molar-refractivity contribution < 1.29 is 19.0 Å². The van der Waals surface area contributed by atoms with Gasteiger partial charge in [0.05, 0.1) is 27.0 Å². The molecule has 0 bridgehead atoms. The van der Waals surface area contributed by atoms with Crippen molar-refractivity contribution in [3.05, 3.63) is 53.1 Å². The van der Waals surface area contributed by atoms with Gasteiger partial charge in [-0.05, 0) is 61.6 Å². The molecule has 31 heavy (non-hydrogen) atoms. The zero-order valence-electron chi connectivity index (χ0n) is 19.1. The zero-order valence-corrected chi connectivity index (χ0v) is 19.1. The van der Waals surface area contributed by atoms with Crippen molar-refractivity contribution in [2.24, 2.45) is 5.10 Å². The van der Waals surface area contributed by atoms with E-state index in [0.717, 1.165) is 43.4 Å². The van der Waals surface area contributed by atoms with Crippen molar-refractivity contribution in [3.8, 4) is 17.2 Å². The number of rotatable bonds is 13. The molecule has 0 saturated heterocycles. The van der Waals surface area contributed by atoms with E-state index in [0.29, 0.717) is 24.5 Å². The lowest BCUT2D eigenvalue weighted by atomic mass is 10.0. The first-order valence-electron chi connectivity index (χ1n) is 10.8. The number of hydrogen-bond donors (Lipinski definition) is 1. The Kier molecular flexibility index (Phi) is 10.4. The number of amides is 1. The van der Waals surface area contributed by atoms with Crippen LogP contribution in [0.25, 0.3) is 0 Å². The van der Waals surface area contributed by atoms with E-state index in [2.05, 4.69) is 30.4 Å². The van der Waals surface area contributed by atoms with Crippen LogP contribution in [0.2, 0.25) is 0 Å². The minimum Gasteiger partial charge on any atom is -0.497 e. The molecule has 0 aliphatic heterocycles. The Balaban J connectivity index is 1.86. The number of carbonyl (C=O) groups excluding carboxylic acids is 1. The Morgan fingerprint density at radius 2 is 1.94 bits per heavy atom. The Labute approximate surface area is 185 Å². The maximum absolute atomic E-state index is 12.2. The summed E-state index contributed by atoms with van der Waals surface area (Å²) in [6, 6.07) is 11.6. The average molecular weight is 427 g/mol. The number of para-hydroxylation sites is 1. The van der Waals surface area contributed by atoms with Gasteiger partial charge in [-0.3, -0.25) is 4.79 Å². The first-order chi connectivity index (χ1) is 15.1. The van der Waals surface area contributed by atoms with E-state index in [9.17, 15) is 4.79 Å². The lowest BCUT2D eigenvalue weighted by Crippen LogP contribution is -2.17. The maximum Gasteiger partial charge on any atom is 0.240 e. The largest absolute Gasteiger partial charge is 0.497 e. The van der Waals surface area contributed by atoms with Crippen LogP contribution in [0.5, 0.6) is 17.2 Å². The van der Waals surface area contributed by atoms with Gasteiger partial charge < -0.3 is 14.2 Å². The number of carbonyl (C=O) groups is 1. The number of hydrazone groups is 1. The van der Waals surface area contributed by atoms with Gasteiger partial charge in [-0.15, -0.1) is 0 Å². The van der Waals surface area contributed by atoms with Crippen molar-refractivity contribution in [2.45, 2.75) is 52.4 Å². The first-order valence-corrected chi connectivity index (χ1v) is 10.8. The van der Waals surface area contributed by atoms with Gasteiger partial charge in [0, 0.05) is 12.0 Å². The average Bonchev–Trinajstić information content (AvgIpc) is 2.78.